The Balaban J connectivity index is 1.46. The molecule has 0 saturated carbocycles. The van der Waals surface area contributed by atoms with Crippen molar-refractivity contribution in [1.82, 2.24) is 4.98 Å². The maximum Gasteiger partial charge on any atom is 0.258 e. The largest absolute Gasteiger partial charge is 0.378 e. The van der Waals surface area contributed by atoms with Crippen LogP contribution in [0.25, 0.3) is 11.1 Å². The zero-order valence-electron chi connectivity index (χ0n) is 21.4. The molecule has 1 aromatic heterocycles. The first-order chi connectivity index (χ1) is 18.7. The van der Waals surface area contributed by atoms with Crippen molar-refractivity contribution < 1.29 is 27.1 Å². The normalized spacial score (nSPS) is 19.7. The van der Waals surface area contributed by atoms with Crippen LogP contribution < -0.4 is 20.9 Å². The minimum absolute atomic E-state index is 0.0537. The van der Waals surface area contributed by atoms with E-state index >= 15 is 13.2 Å². The number of nitrogens with zero attached hydrogens (tertiary/aromatic N) is 3. The van der Waals surface area contributed by atoms with Gasteiger partial charge in [0.1, 0.15) is 23.3 Å². The van der Waals surface area contributed by atoms with E-state index in [0.29, 0.717) is 56.7 Å². The molecule has 39 heavy (non-hydrogen) atoms. The Morgan fingerprint density at radius 1 is 1.00 bits per heavy atom. The highest BCUT2D eigenvalue weighted by atomic mass is 19.1. The van der Waals surface area contributed by atoms with Gasteiger partial charge in [-0.05, 0) is 42.7 Å². The molecule has 0 unspecified atom stereocenters. The van der Waals surface area contributed by atoms with Crippen molar-refractivity contribution in [3.8, 4) is 11.1 Å². The predicted molar refractivity (Wildman–Crippen MR) is 141 cm³/mol. The van der Waals surface area contributed by atoms with Crippen molar-refractivity contribution in [3.05, 3.63) is 71.6 Å². The number of nitrogens with two attached hydrogens (primary N) is 1. The SMILES string of the molecule is C[C@@H]1C[C@H](N)CN(c2ccncc2NC(=O)c2ccc(F)c(-c3c(F)cc(N4CCOCC4)cc3F)c2F)C1. The van der Waals surface area contributed by atoms with E-state index in [2.05, 4.69) is 17.2 Å². The number of anilines is 3. The lowest BCUT2D eigenvalue weighted by Gasteiger charge is -2.37. The molecule has 3 aromatic rings. The van der Waals surface area contributed by atoms with Crippen LogP contribution in [0.4, 0.5) is 34.6 Å². The monoisotopic (exact) mass is 543 g/mol. The number of pyridine rings is 1. The number of rotatable bonds is 5. The number of nitrogens with one attached hydrogen (secondary N) is 1. The molecular weight excluding hydrogens is 514 g/mol. The first kappa shape index (κ1) is 26.9. The topological polar surface area (TPSA) is 83.7 Å². The number of amides is 1. The number of hydrogen-bond donors (Lipinski definition) is 2. The third-order valence-corrected chi connectivity index (χ3v) is 7.07. The number of carbonyl (C=O) groups excluding carboxylic acids is 1. The van der Waals surface area contributed by atoms with Crippen LogP contribution in [-0.4, -0.2) is 56.3 Å². The van der Waals surface area contributed by atoms with Crippen LogP contribution in [0.2, 0.25) is 0 Å². The molecule has 206 valence electrons. The number of halogens is 4. The Bertz CT molecular complexity index is 1350. The van der Waals surface area contributed by atoms with Gasteiger partial charge in [0.25, 0.3) is 5.91 Å². The van der Waals surface area contributed by atoms with Crippen LogP contribution in [0.1, 0.15) is 23.7 Å². The molecule has 2 saturated heterocycles. The fraction of sp³-hybridized carbons (Fsp3) is 0.357. The van der Waals surface area contributed by atoms with Crippen molar-refractivity contribution in [2.75, 3.05) is 54.5 Å². The minimum atomic E-state index is -1.37. The second-order valence-electron chi connectivity index (χ2n) is 10.0. The summed E-state index contributed by atoms with van der Waals surface area (Å²) in [6.45, 7) is 4.98. The summed E-state index contributed by atoms with van der Waals surface area (Å²) in [6.07, 6.45) is 3.86. The van der Waals surface area contributed by atoms with E-state index < -0.39 is 45.9 Å². The Morgan fingerprint density at radius 3 is 2.41 bits per heavy atom. The first-order valence-electron chi connectivity index (χ1n) is 12.8. The fourth-order valence-electron chi connectivity index (χ4n) is 5.30. The molecule has 7 nitrogen and oxygen atoms in total. The lowest BCUT2D eigenvalue weighted by atomic mass is 9.96. The molecule has 0 radical (unpaired) electrons. The highest BCUT2D eigenvalue weighted by Crippen LogP contribution is 2.36. The van der Waals surface area contributed by atoms with E-state index in [-0.39, 0.29) is 11.7 Å². The van der Waals surface area contributed by atoms with Crippen molar-refractivity contribution in [1.29, 1.82) is 0 Å². The standard InChI is InChI=1S/C28H29F4N5O2/c1-16-10-17(33)15-37(14-16)24-4-5-34-13-23(24)35-28(38)19-2-3-20(29)26(27(19)32)25-21(30)11-18(12-22(25)31)36-6-8-39-9-7-36/h2-5,11-13,16-17H,6-10,14-15,33H2,1H3,(H,35,38)/t16-,17+/m1/s1. The molecule has 3 N–H and O–H groups in total. The van der Waals surface area contributed by atoms with Crippen LogP contribution in [0, 0.1) is 29.2 Å². The molecule has 2 fully saturated rings. The van der Waals surface area contributed by atoms with E-state index in [1.807, 2.05) is 4.90 Å². The highest BCUT2D eigenvalue weighted by molar-refractivity contribution is 6.06. The molecule has 2 aliphatic rings. The van der Waals surface area contributed by atoms with Gasteiger partial charge in [-0.2, -0.15) is 0 Å². The van der Waals surface area contributed by atoms with Gasteiger partial charge in [0.2, 0.25) is 0 Å². The van der Waals surface area contributed by atoms with Gasteiger partial charge in [-0.25, -0.2) is 17.6 Å². The summed E-state index contributed by atoms with van der Waals surface area (Å²) in [5.41, 5.74) is 4.98. The van der Waals surface area contributed by atoms with Crippen molar-refractivity contribution >= 4 is 23.0 Å². The molecule has 3 heterocycles. The summed E-state index contributed by atoms with van der Waals surface area (Å²) in [5, 5.41) is 2.62. The lowest BCUT2D eigenvalue weighted by molar-refractivity contribution is 0.102. The molecule has 11 heteroatoms. The quantitative estimate of drug-likeness (QED) is 0.459. The Kier molecular flexibility index (Phi) is 7.72. The first-order valence-corrected chi connectivity index (χ1v) is 12.8. The lowest BCUT2D eigenvalue weighted by Crippen LogP contribution is -2.46. The number of hydrogen-bond acceptors (Lipinski definition) is 6. The average Bonchev–Trinajstić information content (AvgIpc) is 2.90. The molecule has 0 aliphatic carbocycles. The number of carbonyl (C=O) groups is 1. The van der Waals surface area contributed by atoms with Crippen molar-refractivity contribution in [2.45, 2.75) is 19.4 Å². The summed E-state index contributed by atoms with van der Waals surface area (Å²) in [5.74, 6) is -5.44. The molecular formula is C28H29F4N5O2. The summed E-state index contributed by atoms with van der Waals surface area (Å²) in [7, 11) is 0. The van der Waals surface area contributed by atoms with Gasteiger partial charge in [-0.3, -0.25) is 9.78 Å². The molecule has 0 spiro atoms. The summed E-state index contributed by atoms with van der Waals surface area (Å²) < 4.78 is 66.1. The Morgan fingerprint density at radius 2 is 1.72 bits per heavy atom. The number of ether oxygens (including phenoxy) is 1. The van der Waals surface area contributed by atoms with E-state index in [1.165, 1.54) is 6.20 Å². The number of piperidine rings is 1. The zero-order valence-corrected chi connectivity index (χ0v) is 21.4. The van der Waals surface area contributed by atoms with Crippen molar-refractivity contribution in [2.24, 2.45) is 11.7 Å². The van der Waals surface area contributed by atoms with E-state index in [1.54, 1.807) is 17.2 Å². The van der Waals surface area contributed by atoms with E-state index in [4.69, 9.17) is 10.5 Å². The van der Waals surface area contributed by atoms with Crippen LogP contribution in [0.3, 0.4) is 0 Å². The molecule has 0 bridgehead atoms. The van der Waals surface area contributed by atoms with Crippen LogP contribution >= 0.6 is 0 Å². The van der Waals surface area contributed by atoms with Gasteiger partial charge in [-0.1, -0.05) is 6.92 Å². The molecule has 5 rings (SSSR count). The molecule has 1 amide bonds. The number of morpholine rings is 1. The molecule has 2 aliphatic heterocycles. The average molecular weight is 544 g/mol. The molecule has 2 atom stereocenters. The highest BCUT2D eigenvalue weighted by Gasteiger charge is 2.28. The number of aromatic nitrogens is 1. The van der Waals surface area contributed by atoms with Crippen LogP contribution in [0.15, 0.2) is 42.7 Å². The maximum atomic E-state index is 15.6. The predicted octanol–water partition coefficient (Wildman–Crippen LogP) is 4.57. The van der Waals surface area contributed by atoms with Gasteiger partial charge in [-0.15, -0.1) is 0 Å². The van der Waals surface area contributed by atoms with Gasteiger partial charge in [0.05, 0.1) is 47.5 Å². The van der Waals surface area contributed by atoms with Gasteiger partial charge in [0, 0.05) is 44.1 Å². The van der Waals surface area contributed by atoms with Crippen LogP contribution in [-0.2, 0) is 4.74 Å². The van der Waals surface area contributed by atoms with E-state index in [0.717, 1.165) is 30.7 Å². The third kappa shape index (κ3) is 5.55. The fourth-order valence-corrected chi connectivity index (χ4v) is 5.30. The van der Waals surface area contributed by atoms with E-state index in [9.17, 15) is 9.18 Å². The maximum absolute atomic E-state index is 15.6. The minimum Gasteiger partial charge on any atom is -0.378 e. The second-order valence-corrected chi connectivity index (χ2v) is 10.0. The second kappa shape index (κ2) is 11.2. The number of benzene rings is 2. The Labute approximate surface area is 223 Å². The van der Waals surface area contributed by atoms with Gasteiger partial charge >= 0.3 is 0 Å². The summed E-state index contributed by atoms with van der Waals surface area (Å²) >= 11 is 0. The smallest absolute Gasteiger partial charge is 0.258 e. The zero-order chi connectivity index (χ0) is 27.7. The molecule has 2 aromatic carbocycles. The van der Waals surface area contributed by atoms with Crippen LogP contribution in [0.5, 0.6) is 0 Å². The Hall–Kier alpha value is -3.70. The summed E-state index contributed by atoms with van der Waals surface area (Å²) in [4.78, 5) is 21.0. The van der Waals surface area contributed by atoms with Gasteiger partial charge < -0.3 is 25.6 Å². The van der Waals surface area contributed by atoms with Gasteiger partial charge in [0.15, 0.2) is 0 Å². The third-order valence-electron chi connectivity index (χ3n) is 7.07. The van der Waals surface area contributed by atoms with Crippen molar-refractivity contribution in [3.63, 3.8) is 0 Å². The summed E-state index contributed by atoms with van der Waals surface area (Å²) in [6, 6.07) is 5.48.